The summed E-state index contributed by atoms with van der Waals surface area (Å²) in [6.45, 7) is 2.03. The standard InChI is InChI=1S/C13H16ClNO2/c1-13(17,9-6-7-9)8-15-12(16)10-4-2-3-5-11(10)14/h2-5,9,17H,6-8H2,1H3,(H,15,16). The van der Waals surface area contributed by atoms with Crippen LogP contribution in [0.3, 0.4) is 0 Å². The van der Waals surface area contributed by atoms with Crippen molar-refractivity contribution in [2.75, 3.05) is 6.54 Å². The Labute approximate surface area is 106 Å². The predicted molar refractivity (Wildman–Crippen MR) is 67.1 cm³/mol. The van der Waals surface area contributed by atoms with Crippen molar-refractivity contribution in [2.45, 2.75) is 25.4 Å². The van der Waals surface area contributed by atoms with E-state index < -0.39 is 5.60 Å². The average Bonchev–Trinajstić information content (AvgIpc) is 3.11. The molecule has 0 bridgehead atoms. The molecule has 3 nitrogen and oxygen atoms in total. The average molecular weight is 254 g/mol. The SMILES string of the molecule is CC(O)(CNC(=O)c1ccccc1Cl)C1CC1. The molecule has 1 aliphatic rings. The molecule has 0 spiro atoms. The molecule has 1 aliphatic carbocycles. The molecule has 2 N–H and O–H groups in total. The predicted octanol–water partition coefficient (Wildman–Crippen LogP) is 2.23. The number of rotatable bonds is 4. The van der Waals surface area contributed by atoms with Crippen molar-refractivity contribution >= 4 is 17.5 Å². The summed E-state index contributed by atoms with van der Waals surface area (Å²) in [5.74, 6) is 0.0746. The number of nitrogens with one attached hydrogen (secondary N) is 1. The second kappa shape index (κ2) is 4.67. The lowest BCUT2D eigenvalue weighted by Crippen LogP contribution is -2.42. The van der Waals surface area contributed by atoms with E-state index in [0.29, 0.717) is 16.5 Å². The number of carbonyl (C=O) groups excluding carboxylic acids is 1. The minimum atomic E-state index is -0.809. The zero-order valence-corrected chi connectivity index (χ0v) is 10.5. The fourth-order valence-corrected chi connectivity index (χ4v) is 2.07. The first-order valence-electron chi connectivity index (χ1n) is 5.76. The lowest BCUT2D eigenvalue weighted by molar-refractivity contribution is 0.0354. The first-order valence-corrected chi connectivity index (χ1v) is 6.13. The summed E-state index contributed by atoms with van der Waals surface area (Å²) in [7, 11) is 0. The Morgan fingerprint density at radius 3 is 2.76 bits per heavy atom. The lowest BCUT2D eigenvalue weighted by atomic mass is 10.0. The summed E-state index contributed by atoms with van der Waals surface area (Å²) in [6, 6.07) is 6.89. The Morgan fingerprint density at radius 2 is 2.18 bits per heavy atom. The highest BCUT2D eigenvalue weighted by Gasteiger charge is 2.39. The summed E-state index contributed by atoms with van der Waals surface area (Å²) < 4.78 is 0. The highest BCUT2D eigenvalue weighted by atomic mass is 35.5. The van der Waals surface area contributed by atoms with Crippen molar-refractivity contribution in [1.82, 2.24) is 5.32 Å². The maximum absolute atomic E-state index is 11.8. The van der Waals surface area contributed by atoms with Gasteiger partial charge in [0.2, 0.25) is 0 Å². The van der Waals surface area contributed by atoms with Crippen LogP contribution in [0.5, 0.6) is 0 Å². The van der Waals surface area contributed by atoms with Crippen molar-refractivity contribution in [1.29, 1.82) is 0 Å². The van der Waals surface area contributed by atoms with Crippen molar-refractivity contribution in [3.05, 3.63) is 34.9 Å². The van der Waals surface area contributed by atoms with Gasteiger partial charge in [0.15, 0.2) is 0 Å². The molecule has 1 aromatic rings. The molecule has 0 aliphatic heterocycles. The summed E-state index contributed by atoms with van der Waals surface area (Å²) in [6.07, 6.45) is 2.07. The van der Waals surface area contributed by atoms with Crippen LogP contribution in [0.1, 0.15) is 30.1 Å². The van der Waals surface area contributed by atoms with Crippen LogP contribution < -0.4 is 5.32 Å². The smallest absolute Gasteiger partial charge is 0.252 e. The fraction of sp³-hybridized carbons (Fsp3) is 0.462. The topological polar surface area (TPSA) is 49.3 Å². The third kappa shape index (κ3) is 2.99. The first kappa shape index (κ1) is 12.4. The van der Waals surface area contributed by atoms with Gasteiger partial charge in [0, 0.05) is 6.54 Å². The van der Waals surface area contributed by atoms with E-state index in [4.69, 9.17) is 11.6 Å². The monoisotopic (exact) mass is 253 g/mol. The van der Waals surface area contributed by atoms with Crippen LogP contribution in [0.4, 0.5) is 0 Å². The second-order valence-corrected chi connectivity index (χ2v) is 5.20. The largest absolute Gasteiger partial charge is 0.388 e. The molecule has 1 atom stereocenters. The summed E-state index contributed by atoms with van der Waals surface area (Å²) >= 11 is 5.92. The minimum Gasteiger partial charge on any atom is -0.388 e. The Hall–Kier alpha value is -1.06. The number of amides is 1. The quantitative estimate of drug-likeness (QED) is 0.865. The lowest BCUT2D eigenvalue weighted by Gasteiger charge is -2.23. The minimum absolute atomic E-state index is 0.239. The van der Waals surface area contributed by atoms with Gasteiger partial charge < -0.3 is 10.4 Å². The first-order chi connectivity index (χ1) is 8.00. The molecule has 92 valence electrons. The van der Waals surface area contributed by atoms with E-state index in [-0.39, 0.29) is 12.5 Å². The van der Waals surface area contributed by atoms with Gasteiger partial charge in [-0.2, -0.15) is 0 Å². The molecule has 0 heterocycles. The molecular weight excluding hydrogens is 238 g/mol. The van der Waals surface area contributed by atoms with Crippen LogP contribution >= 0.6 is 11.6 Å². The molecule has 17 heavy (non-hydrogen) atoms. The van der Waals surface area contributed by atoms with Crippen LogP contribution in [0.25, 0.3) is 0 Å². The van der Waals surface area contributed by atoms with Crippen LogP contribution in [-0.2, 0) is 0 Å². The van der Waals surface area contributed by atoms with Crippen molar-refractivity contribution in [2.24, 2.45) is 5.92 Å². The summed E-state index contributed by atoms with van der Waals surface area (Å²) in [5, 5.41) is 13.2. The molecule has 0 saturated heterocycles. The van der Waals surface area contributed by atoms with Gasteiger partial charge in [-0.15, -0.1) is 0 Å². The zero-order valence-electron chi connectivity index (χ0n) is 9.74. The molecular formula is C13H16ClNO2. The van der Waals surface area contributed by atoms with Gasteiger partial charge in [0.05, 0.1) is 16.2 Å². The van der Waals surface area contributed by atoms with E-state index >= 15 is 0 Å². The van der Waals surface area contributed by atoms with Gasteiger partial charge in [0.1, 0.15) is 0 Å². The van der Waals surface area contributed by atoms with E-state index in [1.165, 1.54) is 0 Å². The van der Waals surface area contributed by atoms with E-state index in [0.717, 1.165) is 12.8 Å². The Balaban J connectivity index is 1.96. The third-order valence-corrected chi connectivity index (χ3v) is 3.51. The maximum Gasteiger partial charge on any atom is 0.252 e. The van der Waals surface area contributed by atoms with Crippen LogP contribution in [-0.4, -0.2) is 23.2 Å². The number of benzene rings is 1. The summed E-state index contributed by atoms with van der Waals surface area (Å²) in [5.41, 5.74) is -0.363. The molecule has 1 saturated carbocycles. The Kier molecular flexibility index (Phi) is 3.40. The van der Waals surface area contributed by atoms with Gasteiger partial charge >= 0.3 is 0 Å². The van der Waals surface area contributed by atoms with Crippen LogP contribution in [0, 0.1) is 5.92 Å². The molecule has 1 aromatic carbocycles. The molecule has 1 amide bonds. The number of hydrogen-bond acceptors (Lipinski definition) is 2. The maximum atomic E-state index is 11.8. The molecule has 1 fully saturated rings. The van der Waals surface area contributed by atoms with Gasteiger partial charge in [-0.3, -0.25) is 4.79 Å². The number of hydrogen-bond donors (Lipinski definition) is 2. The van der Waals surface area contributed by atoms with E-state index in [9.17, 15) is 9.90 Å². The van der Waals surface area contributed by atoms with Crippen LogP contribution in [0.15, 0.2) is 24.3 Å². The van der Waals surface area contributed by atoms with Crippen molar-refractivity contribution in [3.8, 4) is 0 Å². The number of carbonyl (C=O) groups is 1. The molecule has 4 heteroatoms. The molecule has 2 rings (SSSR count). The van der Waals surface area contributed by atoms with Crippen molar-refractivity contribution in [3.63, 3.8) is 0 Å². The Morgan fingerprint density at radius 1 is 1.53 bits per heavy atom. The van der Waals surface area contributed by atoms with E-state index in [2.05, 4.69) is 5.32 Å². The van der Waals surface area contributed by atoms with Crippen molar-refractivity contribution < 1.29 is 9.90 Å². The summed E-state index contributed by atoms with van der Waals surface area (Å²) in [4.78, 5) is 11.8. The molecule has 0 radical (unpaired) electrons. The second-order valence-electron chi connectivity index (χ2n) is 4.79. The highest BCUT2D eigenvalue weighted by molar-refractivity contribution is 6.33. The van der Waals surface area contributed by atoms with E-state index in [1.54, 1.807) is 31.2 Å². The number of halogens is 1. The van der Waals surface area contributed by atoms with Gasteiger partial charge in [-0.25, -0.2) is 0 Å². The Bertz CT molecular complexity index is 427. The third-order valence-electron chi connectivity index (χ3n) is 3.18. The van der Waals surface area contributed by atoms with Gasteiger partial charge in [0.25, 0.3) is 5.91 Å². The highest BCUT2D eigenvalue weighted by Crippen LogP contribution is 2.39. The van der Waals surface area contributed by atoms with Crippen LogP contribution in [0.2, 0.25) is 5.02 Å². The van der Waals surface area contributed by atoms with Gasteiger partial charge in [-0.1, -0.05) is 23.7 Å². The van der Waals surface area contributed by atoms with Gasteiger partial charge in [-0.05, 0) is 37.8 Å². The number of aliphatic hydroxyl groups is 1. The normalized spacial score (nSPS) is 18.5. The fourth-order valence-electron chi connectivity index (χ4n) is 1.85. The molecule has 1 unspecified atom stereocenters. The molecule has 0 aromatic heterocycles. The van der Waals surface area contributed by atoms with E-state index in [1.807, 2.05) is 0 Å². The zero-order chi connectivity index (χ0) is 12.5.